The molecule has 1 fully saturated rings. The molecule has 0 heterocycles. The van der Waals surface area contributed by atoms with Gasteiger partial charge in [-0.15, -0.1) is 4.31 Å². The number of benzene rings is 2. The Labute approximate surface area is 230 Å². The zero-order chi connectivity index (χ0) is 26.2. The molecule has 1 saturated carbocycles. The third-order valence-corrected chi connectivity index (χ3v) is 15.9. The largest absolute Gasteiger partial charge is 0.409 e. The van der Waals surface area contributed by atoms with E-state index in [2.05, 4.69) is 67.0 Å². The van der Waals surface area contributed by atoms with Crippen molar-refractivity contribution in [3.05, 3.63) is 76.1 Å². The molecule has 1 aliphatic carbocycles. The molecular weight excluding hydrogens is 546 g/mol. The van der Waals surface area contributed by atoms with Crippen molar-refractivity contribution in [2.45, 2.75) is 82.0 Å². The van der Waals surface area contributed by atoms with Gasteiger partial charge in [-0.1, -0.05) is 90.5 Å². The highest BCUT2D eigenvalue weighted by molar-refractivity contribution is 9.10. The summed E-state index contributed by atoms with van der Waals surface area (Å²) in [4.78, 5) is 0.856. The molecule has 0 aromatic heterocycles. The maximum absolute atomic E-state index is 14.3. The molecule has 0 radical (unpaired) electrons. The summed E-state index contributed by atoms with van der Waals surface area (Å²) in [5, 5.41) is 2.00. The van der Waals surface area contributed by atoms with Crippen LogP contribution >= 0.6 is 15.9 Å². The second-order valence-electron chi connectivity index (χ2n) is 10.3. The lowest BCUT2D eigenvalue weighted by Gasteiger charge is -2.40. The Morgan fingerprint density at radius 3 is 2.08 bits per heavy atom. The molecule has 0 N–H and O–H groups in total. The smallest absolute Gasteiger partial charge is 0.216 e. The molecule has 3 nitrogen and oxygen atoms in total. The van der Waals surface area contributed by atoms with Crippen LogP contribution in [0.5, 0.6) is 0 Å². The molecule has 3 rings (SSSR count). The third kappa shape index (κ3) is 7.07. The molecule has 198 valence electrons. The van der Waals surface area contributed by atoms with Crippen molar-refractivity contribution in [2.75, 3.05) is 14.1 Å². The van der Waals surface area contributed by atoms with Gasteiger partial charge in [0.05, 0.1) is 6.10 Å². The van der Waals surface area contributed by atoms with Crippen LogP contribution in [-0.2, 0) is 18.8 Å². The van der Waals surface area contributed by atoms with E-state index in [4.69, 9.17) is 4.43 Å². The fraction of sp³-hybridized carbons (Fsp3) is 0.533. The van der Waals surface area contributed by atoms with Gasteiger partial charge in [0.15, 0.2) is 13.2 Å². The molecule has 0 spiro atoms. The molecule has 2 aromatic carbocycles. The van der Waals surface area contributed by atoms with Crippen molar-refractivity contribution in [1.82, 2.24) is 4.31 Å². The Morgan fingerprint density at radius 1 is 0.972 bits per heavy atom. The van der Waals surface area contributed by atoms with E-state index in [0.29, 0.717) is 5.92 Å². The first-order chi connectivity index (χ1) is 17.3. The molecular formula is C30H45BrNO2SSi+. The predicted octanol–water partition coefficient (Wildman–Crippen LogP) is 9.26. The van der Waals surface area contributed by atoms with E-state index in [9.17, 15) is 4.21 Å². The van der Waals surface area contributed by atoms with Gasteiger partial charge < -0.3 is 4.43 Å². The van der Waals surface area contributed by atoms with Gasteiger partial charge in [0.25, 0.3) is 0 Å². The highest BCUT2D eigenvalue weighted by Crippen LogP contribution is 2.43. The van der Waals surface area contributed by atoms with Gasteiger partial charge in [-0.05, 0) is 72.8 Å². The zero-order valence-corrected chi connectivity index (χ0v) is 26.2. The average Bonchev–Trinajstić information content (AvgIpc) is 2.92. The maximum Gasteiger partial charge on any atom is 0.216 e. The van der Waals surface area contributed by atoms with Gasteiger partial charge in [-0.3, -0.25) is 0 Å². The van der Waals surface area contributed by atoms with Gasteiger partial charge in [0, 0.05) is 24.5 Å². The number of hydrogen-bond acceptors (Lipinski definition) is 2. The molecule has 3 atom stereocenters. The summed E-state index contributed by atoms with van der Waals surface area (Å²) in [5.41, 5.74) is 1.24. The minimum atomic E-state index is -2.50. The number of halogens is 1. The molecule has 6 heteroatoms. The molecule has 0 bridgehead atoms. The average molecular weight is 592 g/mol. The van der Waals surface area contributed by atoms with E-state index in [1.165, 1.54) is 37.7 Å². The highest BCUT2D eigenvalue weighted by Gasteiger charge is 2.40. The van der Waals surface area contributed by atoms with E-state index in [0.717, 1.165) is 27.5 Å². The van der Waals surface area contributed by atoms with E-state index in [-0.39, 0.29) is 12.0 Å². The Hall–Kier alpha value is -1.05. The van der Waals surface area contributed by atoms with E-state index < -0.39 is 18.4 Å². The van der Waals surface area contributed by atoms with E-state index in [1.807, 2.05) is 54.1 Å². The number of rotatable bonds is 12. The van der Waals surface area contributed by atoms with Crippen LogP contribution in [0.25, 0.3) is 0 Å². The van der Waals surface area contributed by atoms with Crippen molar-refractivity contribution in [1.29, 1.82) is 0 Å². The SMILES string of the molecule is CC[Si](CC)(CC)O[C@@H](c1ccc(Br)cc1)[C@@H](/C=C\[S+](=O)(c1ccccc1)N(C)C)C1CCCCC1. The molecule has 36 heavy (non-hydrogen) atoms. The van der Waals surface area contributed by atoms with E-state index >= 15 is 0 Å². The topological polar surface area (TPSA) is 29.5 Å². The van der Waals surface area contributed by atoms with Crippen LogP contribution in [0.15, 0.2) is 75.4 Å². The zero-order valence-electron chi connectivity index (χ0n) is 22.8. The van der Waals surface area contributed by atoms with Crippen LogP contribution in [0, 0.1) is 11.8 Å². The molecule has 0 amide bonds. The van der Waals surface area contributed by atoms with Crippen LogP contribution in [0.3, 0.4) is 0 Å². The van der Waals surface area contributed by atoms with E-state index in [1.54, 1.807) is 0 Å². The lowest BCUT2D eigenvalue weighted by Crippen LogP contribution is -2.40. The summed E-state index contributed by atoms with van der Waals surface area (Å²) < 4.78 is 24.6. The maximum atomic E-state index is 14.3. The molecule has 0 aliphatic heterocycles. The van der Waals surface area contributed by atoms with Crippen molar-refractivity contribution in [2.24, 2.45) is 11.8 Å². The summed E-state index contributed by atoms with van der Waals surface area (Å²) in [6.45, 7) is 6.91. The fourth-order valence-electron chi connectivity index (χ4n) is 5.54. The Balaban J connectivity index is 2.11. The first-order valence-corrected chi connectivity index (χ1v) is 18.6. The van der Waals surface area contributed by atoms with Crippen LogP contribution in [0.2, 0.25) is 18.1 Å². The molecule has 1 unspecified atom stereocenters. The van der Waals surface area contributed by atoms with Crippen LogP contribution in [-0.4, -0.2) is 26.7 Å². The number of nitrogens with zero attached hydrogens (tertiary/aromatic N) is 1. The lowest BCUT2D eigenvalue weighted by atomic mass is 9.76. The predicted molar refractivity (Wildman–Crippen MR) is 161 cm³/mol. The first-order valence-electron chi connectivity index (χ1n) is 13.7. The quantitative estimate of drug-likeness (QED) is 0.182. The van der Waals surface area contributed by atoms with Crippen LogP contribution in [0.4, 0.5) is 0 Å². The van der Waals surface area contributed by atoms with Gasteiger partial charge in [-0.2, -0.15) is 0 Å². The fourth-order valence-corrected chi connectivity index (χ4v) is 10.4. The summed E-state index contributed by atoms with van der Waals surface area (Å²) in [6, 6.07) is 22.0. The summed E-state index contributed by atoms with van der Waals surface area (Å²) in [7, 11) is -0.555. The molecule has 1 aliphatic rings. The minimum absolute atomic E-state index is 0.0226. The lowest BCUT2D eigenvalue weighted by molar-refractivity contribution is 0.0960. The number of hydrogen-bond donors (Lipinski definition) is 0. The standard InChI is InChI=1S/C30H45BrNO2SSi/c1-6-36(7-2,8-3)34-30(26-19-21-27(31)22-20-26)29(25-15-11-9-12-16-25)23-24-35(33,32(4)5)28-17-13-10-14-18-28/h10,13-14,17-25,29-30H,6-9,11-12,15-16H2,1-5H3/q+1/b24-23-/t29-,30-,35?/m0/s1. The molecule has 0 saturated heterocycles. The second kappa shape index (κ2) is 13.7. The first kappa shape index (κ1) is 29.5. The van der Waals surface area contributed by atoms with Gasteiger partial charge in [0.2, 0.25) is 10.1 Å². The van der Waals surface area contributed by atoms with Crippen molar-refractivity contribution < 1.29 is 8.63 Å². The monoisotopic (exact) mass is 590 g/mol. The third-order valence-electron chi connectivity index (χ3n) is 8.16. The van der Waals surface area contributed by atoms with Crippen LogP contribution < -0.4 is 0 Å². The van der Waals surface area contributed by atoms with Crippen molar-refractivity contribution in [3.63, 3.8) is 0 Å². The second-order valence-corrected chi connectivity index (χ2v) is 18.6. The van der Waals surface area contributed by atoms with Crippen molar-refractivity contribution in [3.8, 4) is 0 Å². The van der Waals surface area contributed by atoms with Gasteiger partial charge in [-0.25, -0.2) is 0 Å². The Kier molecular flexibility index (Phi) is 11.2. The van der Waals surface area contributed by atoms with Crippen LogP contribution in [0.1, 0.15) is 64.5 Å². The molecule has 2 aromatic rings. The summed E-state index contributed by atoms with van der Waals surface area (Å²) >= 11 is 3.62. The Bertz CT molecular complexity index is 993. The van der Waals surface area contributed by atoms with Crippen molar-refractivity contribution >= 4 is 34.4 Å². The minimum Gasteiger partial charge on any atom is -0.409 e. The summed E-state index contributed by atoms with van der Waals surface area (Å²) in [6.07, 6.45) is 8.51. The van der Waals surface area contributed by atoms with Gasteiger partial charge >= 0.3 is 0 Å². The Morgan fingerprint density at radius 2 is 1.56 bits per heavy atom. The normalized spacial score (nSPS) is 18.9. The summed E-state index contributed by atoms with van der Waals surface area (Å²) in [5.74, 6) is 0.718. The highest BCUT2D eigenvalue weighted by atomic mass is 79.9. The van der Waals surface area contributed by atoms with Gasteiger partial charge in [0.1, 0.15) is 5.41 Å².